The summed E-state index contributed by atoms with van der Waals surface area (Å²) in [6.45, 7) is 6.50. The van der Waals surface area contributed by atoms with Crippen molar-refractivity contribution in [3.8, 4) is 33.8 Å². The van der Waals surface area contributed by atoms with E-state index in [0.29, 0.717) is 0 Å². The van der Waals surface area contributed by atoms with Crippen molar-refractivity contribution < 1.29 is 0 Å². The van der Waals surface area contributed by atoms with Crippen molar-refractivity contribution in [2.24, 2.45) is 0 Å². The molecule has 0 amide bonds. The van der Waals surface area contributed by atoms with E-state index in [9.17, 15) is 0 Å². The summed E-state index contributed by atoms with van der Waals surface area (Å²) >= 11 is 0. The van der Waals surface area contributed by atoms with E-state index < -0.39 is 0 Å². The summed E-state index contributed by atoms with van der Waals surface area (Å²) in [4.78, 5) is 0. The van der Waals surface area contributed by atoms with Gasteiger partial charge in [0.05, 0.1) is 17.1 Å². The standard InChI is InChI=1S/C42H30N6/c1-25-37(34-22-10-16-28-13-4-7-19-31(28)34)43-46-40(25)47-42(26(2)38(44-47)35-23-11-17-29-14-5-8-20-32(29)35)48-41(46)27(3)39(45-48)36-24-12-18-30-15-6-9-21-33(30)36/h4-24H,1-3H3. The van der Waals surface area contributed by atoms with Crippen LogP contribution in [0.25, 0.3) is 83.0 Å². The smallest absolute Gasteiger partial charge is 0.164 e. The van der Waals surface area contributed by atoms with Gasteiger partial charge in [-0.05, 0) is 53.1 Å². The topological polar surface area (TPSA) is 51.9 Å². The van der Waals surface area contributed by atoms with Crippen LogP contribution in [0.3, 0.4) is 0 Å². The Morgan fingerprint density at radius 1 is 0.333 bits per heavy atom. The summed E-state index contributed by atoms with van der Waals surface area (Å²) in [5.74, 6) is 0. The van der Waals surface area contributed by atoms with Crippen molar-refractivity contribution in [1.29, 1.82) is 0 Å². The first-order valence-corrected chi connectivity index (χ1v) is 16.3. The molecule has 0 spiro atoms. The zero-order valence-corrected chi connectivity index (χ0v) is 26.8. The quantitative estimate of drug-likeness (QED) is 0.198. The van der Waals surface area contributed by atoms with Gasteiger partial charge in [-0.25, -0.2) is 0 Å². The Bertz CT molecular complexity index is 2570. The van der Waals surface area contributed by atoms with Gasteiger partial charge in [-0.2, -0.15) is 28.8 Å². The highest BCUT2D eigenvalue weighted by Gasteiger charge is 2.27. The number of fused-ring (bicyclic) bond motifs is 9. The molecule has 0 aliphatic rings. The van der Waals surface area contributed by atoms with E-state index in [0.717, 1.165) is 67.4 Å². The van der Waals surface area contributed by atoms with Gasteiger partial charge >= 0.3 is 0 Å². The molecule has 0 unspecified atom stereocenters. The van der Waals surface area contributed by atoms with Crippen molar-refractivity contribution in [2.75, 3.05) is 0 Å². The van der Waals surface area contributed by atoms with Gasteiger partial charge in [0.2, 0.25) is 0 Å². The second kappa shape index (κ2) is 9.86. The monoisotopic (exact) mass is 618 g/mol. The van der Waals surface area contributed by atoms with E-state index in [1.807, 2.05) is 0 Å². The van der Waals surface area contributed by atoms with Gasteiger partial charge in [0.25, 0.3) is 0 Å². The summed E-state index contributed by atoms with van der Waals surface area (Å²) in [6.07, 6.45) is 0. The fourth-order valence-electron chi connectivity index (χ4n) is 7.71. The van der Waals surface area contributed by atoms with E-state index in [1.165, 1.54) is 32.3 Å². The van der Waals surface area contributed by atoms with Crippen LogP contribution in [0.2, 0.25) is 0 Å². The van der Waals surface area contributed by atoms with Crippen LogP contribution in [0.15, 0.2) is 127 Å². The molecule has 0 aliphatic carbocycles. The number of nitrogens with zero attached hydrogens (tertiary/aromatic N) is 6. The van der Waals surface area contributed by atoms with Crippen LogP contribution in [0.5, 0.6) is 0 Å². The fourth-order valence-corrected chi connectivity index (χ4v) is 7.71. The minimum atomic E-state index is 0.933. The van der Waals surface area contributed by atoms with Crippen LogP contribution < -0.4 is 0 Å². The molecule has 10 rings (SSSR count). The largest absolute Gasteiger partial charge is 0.196 e. The minimum absolute atomic E-state index is 0.933. The van der Waals surface area contributed by atoms with E-state index in [-0.39, 0.29) is 0 Å². The highest BCUT2D eigenvalue weighted by Crippen LogP contribution is 2.39. The zero-order chi connectivity index (χ0) is 32.1. The SMILES string of the molecule is Cc1c(-c2cccc3ccccc23)nn2c1n1nc(-c3cccc4ccccc34)c(C)c1n1nc(-c3cccc4ccccc34)c(C)c21. The van der Waals surface area contributed by atoms with E-state index in [1.54, 1.807) is 0 Å². The molecule has 6 heteroatoms. The third kappa shape index (κ3) is 3.60. The number of hydrogen-bond acceptors (Lipinski definition) is 3. The molecule has 0 radical (unpaired) electrons. The van der Waals surface area contributed by atoms with Crippen LogP contribution in [-0.2, 0) is 0 Å². The predicted molar refractivity (Wildman–Crippen MR) is 196 cm³/mol. The van der Waals surface area contributed by atoms with Crippen LogP contribution in [0.1, 0.15) is 16.7 Å². The molecule has 4 heterocycles. The number of aromatic nitrogens is 6. The third-order valence-corrected chi connectivity index (χ3v) is 10.0. The Labute approximate surface area is 276 Å². The molecule has 0 saturated heterocycles. The normalized spacial score (nSPS) is 12.1. The van der Waals surface area contributed by atoms with Crippen LogP contribution in [0.4, 0.5) is 0 Å². The molecular weight excluding hydrogens is 589 g/mol. The first kappa shape index (κ1) is 26.9. The van der Waals surface area contributed by atoms with Crippen molar-refractivity contribution >= 4 is 49.3 Å². The average Bonchev–Trinajstić information content (AvgIpc) is 3.77. The van der Waals surface area contributed by atoms with Crippen molar-refractivity contribution in [3.63, 3.8) is 0 Å². The highest BCUT2D eigenvalue weighted by atomic mass is 15.4. The summed E-state index contributed by atoms with van der Waals surface area (Å²) in [6, 6.07) is 44.9. The van der Waals surface area contributed by atoms with Gasteiger partial charge in [-0.15, -0.1) is 0 Å². The van der Waals surface area contributed by atoms with Gasteiger partial charge < -0.3 is 0 Å². The third-order valence-electron chi connectivity index (χ3n) is 10.0. The van der Waals surface area contributed by atoms with Gasteiger partial charge in [0.15, 0.2) is 16.9 Å². The lowest BCUT2D eigenvalue weighted by molar-refractivity contribution is 0.828. The predicted octanol–water partition coefficient (Wildman–Crippen LogP) is 10.0. The highest BCUT2D eigenvalue weighted by molar-refractivity contribution is 6.00. The summed E-state index contributed by atoms with van der Waals surface area (Å²) in [7, 11) is 0. The molecule has 6 nitrogen and oxygen atoms in total. The second-order valence-corrected chi connectivity index (χ2v) is 12.7. The molecule has 0 fully saturated rings. The number of hydrogen-bond donors (Lipinski definition) is 0. The van der Waals surface area contributed by atoms with E-state index in [2.05, 4.69) is 162 Å². The molecule has 0 atom stereocenters. The Kier molecular flexibility index (Phi) is 5.53. The van der Waals surface area contributed by atoms with Crippen molar-refractivity contribution in [1.82, 2.24) is 28.8 Å². The zero-order valence-electron chi connectivity index (χ0n) is 26.8. The molecule has 228 valence electrons. The molecule has 10 aromatic rings. The van der Waals surface area contributed by atoms with Gasteiger partial charge in [0, 0.05) is 33.4 Å². The van der Waals surface area contributed by atoms with E-state index >= 15 is 0 Å². The lowest BCUT2D eigenvalue weighted by Gasteiger charge is -2.05. The van der Waals surface area contributed by atoms with Crippen LogP contribution in [-0.4, -0.2) is 28.8 Å². The lowest BCUT2D eigenvalue weighted by Crippen LogP contribution is -2.06. The van der Waals surface area contributed by atoms with Crippen LogP contribution >= 0.6 is 0 Å². The van der Waals surface area contributed by atoms with Crippen molar-refractivity contribution in [2.45, 2.75) is 20.8 Å². The molecular formula is C42H30N6. The van der Waals surface area contributed by atoms with Crippen LogP contribution in [0, 0.1) is 20.8 Å². The second-order valence-electron chi connectivity index (χ2n) is 12.7. The molecule has 0 aliphatic heterocycles. The average molecular weight is 619 g/mol. The summed E-state index contributed by atoms with van der Waals surface area (Å²) in [5, 5.41) is 23.3. The first-order chi connectivity index (χ1) is 23.6. The lowest BCUT2D eigenvalue weighted by atomic mass is 10.0. The minimum Gasteiger partial charge on any atom is -0.196 e. The Balaban J connectivity index is 1.37. The molecule has 0 bridgehead atoms. The first-order valence-electron chi connectivity index (χ1n) is 16.3. The van der Waals surface area contributed by atoms with Gasteiger partial charge in [0.1, 0.15) is 0 Å². The molecule has 4 aromatic heterocycles. The molecule has 6 aromatic carbocycles. The van der Waals surface area contributed by atoms with Crippen molar-refractivity contribution in [3.05, 3.63) is 144 Å². The summed E-state index contributed by atoms with van der Waals surface area (Å²) < 4.78 is 6.20. The Morgan fingerprint density at radius 2 is 0.604 bits per heavy atom. The molecule has 48 heavy (non-hydrogen) atoms. The number of aryl methyl sites for hydroxylation is 3. The maximum Gasteiger partial charge on any atom is 0.164 e. The number of benzene rings is 6. The van der Waals surface area contributed by atoms with Gasteiger partial charge in [-0.1, -0.05) is 127 Å². The Morgan fingerprint density at radius 3 is 0.917 bits per heavy atom. The Hall–Kier alpha value is -6.27. The summed E-state index contributed by atoms with van der Waals surface area (Å²) in [5.41, 5.74) is 12.1. The fraction of sp³-hybridized carbons (Fsp3) is 0.0714. The maximum atomic E-state index is 5.40. The number of rotatable bonds is 3. The molecule has 0 N–H and O–H groups in total. The van der Waals surface area contributed by atoms with E-state index in [4.69, 9.17) is 15.3 Å². The molecule has 0 saturated carbocycles. The van der Waals surface area contributed by atoms with Gasteiger partial charge in [-0.3, -0.25) is 0 Å². The maximum absolute atomic E-state index is 5.40.